The van der Waals surface area contributed by atoms with Crippen molar-refractivity contribution in [2.45, 2.75) is 51.8 Å². The topological polar surface area (TPSA) is 26.0 Å². The minimum atomic E-state index is 0.403. The van der Waals surface area contributed by atoms with Crippen molar-refractivity contribution in [3.63, 3.8) is 0 Å². The molecule has 0 rings (SSSR count). The second-order valence-corrected chi connectivity index (χ2v) is 5.72. The van der Waals surface area contributed by atoms with Crippen LogP contribution in [0.15, 0.2) is 0 Å². The molecule has 0 amide bonds. The predicted molar refractivity (Wildman–Crippen MR) is 59.6 cm³/mol. The highest BCUT2D eigenvalue weighted by Gasteiger charge is 2.05. The van der Waals surface area contributed by atoms with Gasteiger partial charge in [-0.05, 0) is 24.0 Å². The van der Waals surface area contributed by atoms with Gasteiger partial charge in [-0.3, -0.25) is 0 Å². The first-order valence-corrected chi connectivity index (χ1v) is 5.94. The molecule has 12 heavy (non-hydrogen) atoms. The highest BCUT2D eigenvalue weighted by atomic mass is 32.2. The van der Waals surface area contributed by atoms with Gasteiger partial charge in [0, 0.05) is 11.8 Å². The van der Waals surface area contributed by atoms with Crippen LogP contribution in [-0.2, 0) is 0 Å². The largest absolute Gasteiger partial charge is 0.327 e. The van der Waals surface area contributed by atoms with E-state index in [9.17, 15) is 0 Å². The van der Waals surface area contributed by atoms with E-state index in [0.717, 1.165) is 16.9 Å². The average Bonchev–Trinajstić information content (AvgIpc) is 1.96. The fraction of sp³-hybridized carbons (Fsp3) is 1.00. The summed E-state index contributed by atoms with van der Waals surface area (Å²) in [6.45, 7) is 8.95. The summed E-state index contributed by atoms with van der Waals surface area (Å²) < 4.78 is 0. The van der Waals surface area contributed by atoms with Crippen molar-refractivity contribution < 1.29 is 0 Å². The lowest BCUT2D eigenvalue weighted by molar-refractivity contribution is 0.517. The molecule has 0 bridgehead atoms. The Hall–Kier alpha value is 0.310. The zero-order chi connectivity index (χ0) is 9.56. The van der Waals surface area contributed by atoms with Gasteiger partial charge < -0.3 is 5.73 Å². The van der Waals surface area contributed by atoms with Crippen LogP contribution in [0.25, 0.3) is 0 Å². The molecule has 0 saturated carbocycles. The van der Waals surface area contributed by atoms with Gasteiger partial charge in [0.25, 0.3) is 0 Å². The van der Waals surface area contributed by atoms with E-state index in [1.165, 1.54) is 12.8 Å². The molecule has 1 nitrogen and oxygen atoms in total. The molecular weight excluding hydrogens is 166 g/mol. The van der Waals surface area contributed by atoms with Crippen molar-refractivity contribution >= 4 is 11.8 Å². The molecule has 0 spiro atoms. The van der Waals surface area contributed by atoms with Crippen LogP contribution in [0.2, 0.25) is 0 Å². The lowest BCUT2D eigenvalue weighted by Crippen LogP contribution is -2.24. The molecule has 2 heteroatoms. The zero-order valence-corrected chi connectivity index (χ0v) is 9.66. The summed E-state index contributed by atoms with van der Waals surface area (Å²) in [4.78, 5) is 0. The second-order valence-electron chi connectivity index (χ2n) is 4.11. The molecule has 1 unspecified atom stereocenters. The molecule has 1 atom stereocenters. The minimum Gasteiger partial charge on any atom is -0.327 e. The van der Waals surface area contributed by atoms with Crippen molar-refractivity contribution in [1.82, 2.24) is 0 Å². The summed E-state index contributed by atoms with van der Waals surface area (Å²) in [7, 11) is 0. The second kappa shape index (κ2) is 6.79. The Bertz CT molecular complexity index is 90.0. The molecule has 0 heterocycles. The van der Waals surface area contributed by atoms with E-state index in [4.69, 9.17) is 5.73 Å². The van der Waals surface area contributed by atoms with Crippen molar-refractivity contribution in [1.29, 1.82) is 0 Å². The number of thioether (sulfide) groups is 1. The van der Waals surface area contributed by atoms with E-state index < -0.39 is 0 Å². The fourth-order valence-corrected chi connectivity index (χ4v) is 1.75. The number of hydrogen-bond donors (Lipinski definition) is 1. The van der Waals surface area contributed by atoms with E-state index >= 15 is 0 Å². The molecule has 0 aromatic rings. The molecule has 0 aliphatic carbocycles. The van der Waals surface area contributed by atoms with Gasteiger partial charge in [0.1, 0.15) is 0 Å². The van der Waals surface area contributed by atoms with E-state index in [1.807, 2.05) is 11.8 Å². The van der Waals surface area contributed by atoms with E-state index in [2.05, 4.69) is 27.7 Å². The van der Waals surface area contributed by atoms with Gasteiger partial charge in [0.05, 0.1) is 0 Å². The Morgan fingerprint density at radius 1 is 1.08 bits per heavy atom. The number of nitrogens with two attached hydrogens (primary N) is 1. The molecule has 0 radical (unpaired) electrons. The minimum absolute atomic E-state index is 0.403. The Kier molecular flexibility index (Phi) is 6.96. The summed E-state index contributed by atoms with van der Waals surface area (Å²) in [5.41, 5.74) is 5.95. The lowest BCUT2D eigenvalue weighted by atomic mass is 10.1. The maximum absolute atomic E-state index is 5.95. The first kappa shape index (κ1) is 12.3. The van der Waals surface area contributed by atoms with Crippen LogP contribution in [0.5, 0.6) is 0 Å². The van der Waals surface area contributed by atoms with Gasteiger partial charge in [-0.1, -0.05) is 27.7 Å². The average molecular weight is 189 g/mol. The normalized spacial score (nSPS) is 14.2. The molecule has 0 aliphatic heterocycles. The maximum Gasteiger partial charge on any atom is 0.0130 e. The molecule has 0 fully saturated rings. The van der Waals surface area contributed by atoms with Gasteiger partial charge in [0.2, 0.25) is 0 Å². The molecule has 2 N–H and O–H groups in total. The maximum atomic E-state index is 5.95. The quantitative estimate of drug-likeness (QED) is 0.695. The van der Waals surface area contributed by atoms with E-state index in [0.29, 0.717) is 6.04 Å². The van der Waals surface area contributed by atoms with Crippen molar-refractivity contribution in [2.75, 3.05) is 5.75 Å². The van der Waals surface area contributed by atoms with Crippen LogP contribution in [0.1, 0.15) is 40.5 Å². The van der Waals surface area contributed by atoms with Crippen molar-refractivity contribution in [3.05, 3.63) is 0 Å². The van der Waals surface area contributed by atoms with E-state index in [1.54, 1.807) is 0 Å². The number of hydrogen-bond acceptors (Lipinski definition) is 2. The standard InChI is InChI=1S/C10H23NS/c1-8(2)5-6-10(11)7-12-9(3)4/h8-10H,5-7,11H2,1-4H3. The molecular formula is C10H23NS. The van der Waals surface area contributed by atoms with Crippen LogP contribution in [0, 0.1) is 5.92 Å². The highest BCUT2D eigenvalue weighted by molar-refractivity contribution is 7.99. The molecule has 0 aromatic heterocycles. The fourth-order valence-electron chi connectivity index (χ4n) is 0.947. The first-order valence-electron chi connectivity index (χ1n) is 4.89. The van der Waals surface area contributed by atoms with Crippen LogP contribution in [0.4, 0.5) is 0 Å². The highest BCUT2D eigenvalue weighted by Crippen LogP contribution is 2.13. The summed E-state index contributed by atoms with van der Waals surface area (Å²) >= 11 is 1.97. The third-order valence-corrected chi connectivity index (χ3v) is 3.05. The first-order chi connectivity index (χ1) is 5.52. The monoisotopic (exact) mass is 189 g/mol. The van der Waals surface area contributed by atoms with Crippen LogP contribution < -0.4 is 5.73 Å². The summed E-state index contributed by atoms with van der Waals surface area (Å²) in [6.07, 6.45) is 2.44. The van der Waals surface area contributed by atoms with Gasteiger partial charge in [0.15, 0.2) is 0 Å². The predicted octanol–water partition coefficient (Wildman–Crippen LogP) is 2.89. The van der Waals surface area contributed by atoms with Gasteiger partial charge >= 0.3 is 0 Å². The molecule has 0 aliphatic rings. The van der Waals surface area contributed by atoms with Crippen LogP contribution >= 0.6 is 11.8 Å². The smallest absolute Gasteiger partial charge is 0.0130 e. The Balaban J connectivity index is 3.27. The van der Waals surface area contributed by atoms with Crippen LogP contribution in [0.3, 0.4) is 0 Å². The Morgan fingerprint density at radius 2 is 1.67 bits per heavy atom. The van der Waals surface area contributed by atoms with E-state index in [-0.39, 0.29) is 0 Å². The van der Waals surface area contributed by atoms with Crippen molar-refractivity contribution in [2.24, 2.45) is 11.7 Å². The SMILES string of the molecule is CC(C)CCC(N)CSC(C)C. The Morgan fingerprint density at radius 3 is 2.08 bits per heavy atom. The molecule has 74 valence electrons. The molecule has 0 saturated heterocycles. The van der Waals surface area contributed by atoms with Gasteiger partial charge in [-0.2, -0.15) is 11.8 Å². The summed E-state index contributed by atoms with van der Waals surface area (Å²) in [5.74, 6) is 1.91. The van der Waals surface area contributed by atoms with Gasteiger partial charge in [-0.15, -0.1) is 0 Å². The van der Waals surface area contributed by atoms with Crippen LogP contribution in [-0.4, -0.2) is 17.0 Å². The summed E-state index contributed by atoms with van der Waals surface area (Å²) in [5, 5.41) is 0.718. The van der Waals surface area contributed by atoms with Crippen molar-refractivity contribution in [3.8, 4) is 0 Å². The lowest BCUT2D eigenvalue weighted by Gasteiger charge is -2.13. The summed E-state index contributed by atoms with van der Waals surface area (Å²) in [6, 6.07) is 0.403. The molecule has 0 aromatic carbocycles. The van der Waals surface area contributed by atoms with Gasteiger partial charge in [-0.25, -0.2) is 0 Å². The Labute approximate surface area is 81.5 Å². The third-order valence-electron chi connectivity index (χ3n) is 1.76. The number of rotatable bonds is 6. The zero-order valence-electron chi connectivity index (χ0n) is 8.84. The third kappa shape index (κ3) is 8.41.